The molecule has 51 valence electrons. The van der Waals surface area contributed by atoms with Crippen LogP contribution in [-0.2, 0) is 0 Å². The molecule has 4 heteroatoms. The maximum Gasteiger partial charge on any atom is 0.253 e. The summed E-state index contributed by atoms with van der Waals surface area (Å²) in [5, 5.41) is 12.4. The van der Waals surface area contributed by atoms with Crippen LogP contribution in [0.5, 0.6) is 0 Å². The summed E-state index contributed by atoms with van der Waals surface area (Å²) in [7, 11) is 1.63. The Morgan fingerprint density at radius 3 is 2.67 bits per heavy atom. The van der Waals surface area contributed by atoms with E-state index < -0.39 is 4.92 Å². The monoisotopic (exact) mass is 129 g/mol. The van der Waals surface area contributed by atoms with Crippen molar-refractivity contribution in [3.05, 3.63) is 28.9 Å². The van der Waals surface area contributed by atoms with E-state index >= 15 is 0 Å². The van der Waals surface area contributed by atoms with Gasteiger partial charge in [0, 0.05) is 7.05 Å². The largest absolute Gasteiger partial charge is 0.386 e. The molecule has 0 saturated carbocycles. The second-order valence-corrected chi connectivity index (χ2v) is 1.44. The molecule has 0 aliphatic rings. The minimum atomic E-state index is -0.503. The van der Waals surface area contributed by atoms with Gasteiger partial charge in [-0.05, 0) is 13.3 Å². The lowest BCUT2D eigenvalue weighted by Gasteiger charge is -1.95. The summed E-state index contributed by atoms with van der Waals surface area (Å²) in [6, 6.07) is 0. The van der Waals surface area contributed by atoms with E-state index in [1.54, 1.807) is 7.05 Å². The summed E-state index contributed by atoms with van der Waals surface area (Å²) in [5.41, 5.74) is 0.528. The number of nitrogens with one attached hydrogen (secondary N) is 1. The van der Waals surface area contributed by atoms with Crippen LogP contribution in [0, 0.1) is 17.0 Å². The lowest BCUT2D eigenvalue weighted by molar-refractivity contribution is -0.403. The fraction of sp³-hybridized carbons (Fsp3) is 0.400. The first-order valence-electron chi connectivity index (χ1n) is 2.52. The molecular weight excluding hydrogens is 120 g/mol. The molecule has 0 fully saturated rings. The predicted octanol–water partition coefficient (Wildman–Crippen LogP) is 0.548. The summed E-state index contributed by atoms with van der Waals surface area (Å²) in [6.07, 6.45) is 1.32. The first kappa shape index (κ1) is 7.94. The summed E-state index contributed by atoms with van der Waals surface area (Å²) in [5.74, 6) is 0. The maximum absolute atomic E-state index is 9.79. The summed E-state index contributed by atoms with van der Waals surface area (Å²) >= 11 is 0. The van der Waals surface area contributed by atoms with Crippen molar-refractivity contribution in [2.24, 2.45) is 0 Å². The van der Waals surface area contributed by atoms with Crippen LogP contribution >= 0.6 is 0 Å². The zero-order valence-corrected chi connectivity index (χ0v) is 5.26. The summed E-state index contributed by atoms with van der Waals surface area (Å²) < 4.78 is 0. The van der Waals surface area contributed by atoms with Gasteiger partial charge in [-0.3, -0.25) is 10.1 Å². The third-order valence-corrected chi connectivity index (χ3v) is 0.852. The van der Waals surface area contributed by atoms with Crippen LogP contribution in [0.3, 0.4) is 0 Å². The lowest BCUT2D eigenvalue weighted by Crippen LogP contribution is -2.06. The molecule has 0 amide bonds. The lowest BCUT2D eigenvalue weighted by atomic mass is 10.4. The number of nitro groups is 1. The second kappa shape index (κ2) is 3.88. The van der Waals surface area contributed by atoms with Crippen molar-refractivity contribution >= 4 is 0 Å². The molecule has 0 aliphatic carbocycles. The van der Waals surface area contributed by atoms with Gasteiger partial charge in [0.05, 0.1) is 10.6 Å². The fourth-order valence-electron chi connectivity index (χ4n) is 0.381. The minimum absolute atomic E-state index is 0.414. The highest BCUT2D eigenvalue weighted by Gasteiger charge is 1.94. The molecule has 0 bridgehead atoms. The molecular formula is C5H9N2O2. The van der Waals surface area contributed by atoms with E-state index in [-0.39, 0.29) is 0 Å². The molecule has 4 nitrogen and oxygen atoms in total. The molecule has 0 aromatic carbocycles. The highest BCUT2D eigenvalue weighted by molar-refractivity contribution is 4.93. The molecule has 0 heterocycles. The Kier molecular flexibility index (Phi) is 3.43. The van der Waals surface area contributed by atoms with Crippen LogP contribution in [-0.4, -0.2) is 12.0 Å². The number of hydrogen-bond donors (Lipinski definition) is 1. The number of hydrogen-bond acceptors (Lipinski definition) is 3. The van der Waals surface area contributed by atoms with Gasteiger partial charge in [0.1, 0.15) is 0 Å². The molecule has 0 saturated heterocycles. The van der Waals surface area contributed by atoms with E-state index in [2.05, 4.69) is 12.2 Å². The molecule has 0 aromatic rings. The van der Waals surface area contributed by atoms with Gasteiger partial charge in [0.15, 0.2) is 0 Å². The standard InChI is InChI=1S/C5H9N2O2/c1-3-5(6-2)4-7(8)9/h4,6H,1,3H2,2H3. The van der Waals surface area contributed by atoms with Crippen LogP contribution < -0.4 is 5.32 Å². The van der Waals surface area contributed by atoms with Gasteiger partial charge in [-0.1, -0.05) is 0 Å². The van der Waals surface area contributed by atoms with Gasteiger partial charge in [0.2, 0.25) is 0 Å². The van der Waals surface area contributed by atoms with Gasteiger partial charge < -0.3 is 5.32 Å². The zero-order chi connectivity index (χ0) is 7.28. The van der Waals surface area contributed by atoms with Crippen molar-refractivity contribution in [2.45, 2.75) is 6.42 Å². The smallest absolute Gasteiger partial charge is 0.253 e. The Labute approximate surface area is 53.7 Å². The quantitative estimate of drug-likeness (QED) is 0.447. The van der Waals surface area contributed by atoms with Crippen LogP contribution in [0.15, 0.2) is 11.9 Å². The fourth-order valence-corrected chi connectivity index (χ4v) is 0.381. The third kappa shape index (κ3) is 3.52. The molecule has 1 radical (unpaired) electrons. The van der Waals surface area contributed by atoms with Gasteiger partial charge in [-0.15, -0.1) is 0 Å². The Morgan fingerprint density at radius 1 is 2.00 bits per heavy atom. The van der Waals surface area contributed by atoms with E-state index in [0.717, 1.165) is 6.20 Å². The van der Waals surface area contributed by atoms with Crippen molar-refractivity contribution < 1.29 is 4.92 Å². The topological polar surface area (TPSA) is 55.2 Å². The van der Waals surface area contributed by atoms with Crippen molar-refractivity contribution in [3.8, 4) is 0 Å². The Hall–Kier alpha value is -1.06. The Morgan fingerprint density at radius 2 is 2.56 bits per heavy atom. The van der Waals surface area contributed by atoms with Crippen molar-refractivity contribution in [1.82, 2.24) is 5.32 Å². The summed E-state index contributed by atoms with van der Waals surface area (Å²) in [6.45, 7) is 3.47. The van der Waals surface area contributed by atoms with Gasteiger partial charge in [-0.2, -0.15) is 0 Å². The minimum Gasteiger partial charge on any atom is -0.386 e. The number of allylic oxidation sites excluding steroid dienone is 1. The average Bonchev–Trinajstić information content (AvgIpc) is 1.82. The Balaban J connectivity index is 3.91. The molecule has 0 unspecified atom stereocenters. The molecule has 0 aliphatic heterocycles. The molecule has 0 rings (SSSR count). The first-order valence-corrected chi connectivity index (χ1v) is 2.52. The van der Waals surface area contributed by atoms with Crippen LogP contribution in [0.1, 0.15) is 6.42 Å². The van der Waals surface area contributed by atoms with Crippen LogP contribution in [0.25, 0.3) is 0 Å². The van der Waals surface area contributed by atoms with Crippen molar-refractivity contribution in [2.75, 3.05) is 7.05 Å². The van der Waals surface area contributed by atoms with Crippen LogP contribution in [0.4, 0.5) is 0 Å². The molecule has 0 aromatic heterocycles. The average molecular weight is 129 g/mol. The van der Waals surface area contributed by atoms with Gasteiger partial charge >= 0.3 is 0 Å². The third-order valence-electron chi connectivity index (χ3n) is 0.852. The Bertz CT molecular complexity index is 125. The molecule has 0 atom stereocenters. The first-order chi connectivity index (χ1) is 4.20. The van der Waals surface area contributed by atoms with Crippen LogP contribution in [0.2, 0.25) is 0 Å². The molecule has 9 heavy (non-hydrogen) atoms. The molecule has 1 N–H and O–H groups in total. The highest BCUT2D eigenvalue weighted by atomic mass is 16.6. The van der Waals surface area contributed by atoms with E-state index in [1.165, 1.54) is 0 Å². The predicted molar refractivity (Wildman–Crippen MR) is 34.1 cm³/mol. The number of rotatable bonds is 3. The summed E-state index contributed by atoms with van der Waals surface area (Å²) in [4.78, 5) is 9.29. The zero-order valence-electron chi connectivity index (χ0n) is 5.26. The highest BCUT2D eigenvalue weighted by Crippen LogP contribution is 1.91. The number of nitrogens with zero attached hydrogens (tertiary/aromatic N) is 1. The van der Waals surface area contributed by atoms with E-state index in [4.69, 9.17) is 0 Å². The van der Waals surface area contributed by atoms with E-state index in [0.29, 0.717) is 12.1 Å². The van der Waals surface area contributed by atoms with E-state index in [9.17, 15) is 10.1 Å². The SMILES string of the molecule is [CH2]CC(=C[N+](=O)[O-])NC. The van der Waals surface area contributed by atoms with E-state index in [1.807, 2.05) is 0 Å². The van der Waals surface area contributed by atoms with Crippen molar-refractivity contribution in [3.63, 3.8) is 0 Å². The van der Waals surface area contributed by atoms with Gasteiger partial charge in [0.25, 0.3) is 6.20 Å². The normalized spacial score (nSPS) is 11.1. The second-order valence-electron chi connectivity index (χ2n) is 1.44. The van der Waals surface area contributed by atoms with Crippen molar-refractivity contribution in [1.29, 1.82) is 0 Å². The maximum atomic E-state index is 9.79. The molecule has 0 spiro atoms. The van der Waals surface area contributed by atoms with Gasteiger partial charge in [-0.25, -0.2) is 0 Å².